The third-order valence-corrected chi connectivity index (χ3v) is 5.92. The zero-order valence-corrected chi connectivity index (χ0v) is 18.3. The number of hydrogen-bond acceptors (Lipinski definition) is 6. The van der Waals surface area contributed by atoms with Gasteiger partial charge in [-0.2, -0.15) is 0 Å². The summed E-state index contributed by atoms with van der Waals surface area (Å²) in [6.45, 7) is 0. The molecule has 0 fully saturated rings. The molecule has 2 aliphatic rings. The van der Waals surface area contributed by atoms with Gasteiger partial charge in [0, 0.05) is 12.0 Å². The van der Waals surface area contributed by atoms with Gasteiger partial charge in [0.2, 0.25) is 5.75 Å². The molecule has 0 aliphatic carbocycles. The minimum absolute atomic E-state index is 0.000327. The van der Waals surface area contributed by atoms with Crippen LogP contribution < -0.4 is 9.47 Å². The smallest absolute Gasteiger partial charge is 0.201 e. The second kappa shape index (κ2) is 9.00. The van der Waals surface area contributed by atoms with Gasteiger partial charge in [-0.1, -0.05) is 36.4 Å². The molecule has 0 saturated heterocycles. The Morgan fingerprint density at radius 3 is 2.26 bits per heavy atom. The minimum atomic E-state index is -0.843. The monoisotopic (exact) mass is 456 g/mol. The number of benzene rings is 4. The lowest BCUT2D eigenvalue weighted by Crippen LogP contribution is -2.04. The summed E-state index contributed by atoms with van der Waals surface area (Å²) >= 11 is 0. The molecule has 0 amide bonds. The number of ether oxygens (including phenoxy) is 2. The van der Waals surface area contributed by atoms with Crippen molar-refractivity contribution >= 4 is 0 Å². The predicted molar refractivity (Wildman–Crippen MR) is 127 cm³/mol. The number of phenols is 3. The van der Waals surface area contributed by atoms with E-state index >= 15 is 0 Å². The summed E-state index contributed by atoms with van der Waals surface area (Å²) in [5.41, 5.74) is 3.13. The van der Waals surface area contributed by atoms with Crippen molar-refractivity contribution in [3.05, 3.63) is 101 Å². The summed E-state index contributed by atoms with van der Waals surface area (Å²) in [5.74, 6) is 0.919. The van der Waals surface area contributed by atoms with Crippen molar-refractivity contribution in [3.8, 4) is 40.2 Å². The largest absolute Gasteiger partial charge is 0.504 e. The highest BCUT2D eigenvalue weighted by Gasteiger charge is 2.17. The Labute approximate surface area is 196 Å². The van der Waals surface area contributed by atoms with Crippen LogP contribution in [0.3, 0.4) is 0 Å². The average Bonchev–Trinajstić information content (AvgIpc) is 2.83. The molecule has 1 atom stereocenters. The first-order chi connectivity index (χ1) is 16.5. The van der Waals surface area contributed by atoms with Crippen molar-refractivity contribution in [2.45, 2.75) is 25.4 Å². The number of rotatable bonds is 0. The molecule has 4 aromatic carbocycles. The fourth-order valence-corrected chi connectivity index (χ4v) is 4.10. The topological polar surface area (TPSA) is 99.4 Å². The van der Waals surface area contributed by atoms with E-state index in [9.17, 15) is 20.4 Å². The van der Waals surface area contributed by atoms with Crippen molar-refractivity contribution in [3.63, 3.8) is 0 Å². The molecule has 0 aromatic heterocycles. The molecule has 6 heteroatoms. The number of para-hydroxylation sites is 1. The van der Waals surface area contributed by atoms with Gasteiger partial charge in [-0.25, -0.2) is 0 Å². The molecule has 4 N–H and O–H groups in total. The van der Waals surface area contributed by atoms with Crippen molar-refractivity contribution in [2.24, 2.45) is 0 Å². The molecule has 6 nitrogen and oxygen atoms in total. The van der Waals surface area contributed by atoms with Crippen LogP contribution in [0.2, 0.25) is 0 Å². The molecule has 4 aromatic rings. The SMILES string of the molecule is Oc1cc2cc(c1O)Oc1ccc(cc1)[C@H](O)Cc1cccc(O)c1Oc1cccc(c1)CC2. The van der Waals surface area contributed by atoms with Gasteiger partial charge in [0.1, 0.15) is 11.5 Å². The number of aliphatic hydroxyl groups is 1. The first kappa shape index (κ1) is 21.7. The van der Waals surface area contributed by atoms with E-state index in [1.807, 2.05) is 30.3 Å². The summed E-state index contributed by atoms with van der Waals surface area (Å²) in [6.07, 6.45) is 0.646. The molecule has 172 valence electrons. The standard InChI is InChI=1S/C28H24O6/c29-23-6-2-4-20-16-24(30)19-9-11-21(12-10-19)33-26-15-18(14-25(31)27(26)32)8-7-17-3-1-5-22(13-17)34-28(20)23/h1-6,9-15,24,29-32H,7-8,16H2/t24-/m1/s1. The van der Waals surface area contributed by atoms with Crippen molar-refractivity contribution in [1.82, 2.24) is 0 Å². The zero-order chi connectivity index (χ0) is 23.7. The predicted octanol–water partition coefficient (Wildman–Crippen LogP) is 5.76. The Morgan fingerprint density at radius 1 is 0.676 bits per heavy atom. The highest BCUT2D eigenvalue weighted by molar-refractivity contribution is 5.54. The van der Waals surface area contributed by atoms with Crippen LogP contribution in [0.1, 0.15) is 28.4 Å². The molecular formula is C28H24O6. The van der Waals surface area contributed by atoms with E-state index in [0.29, 0.717) is 41.2 Å². The van der Waals surface area contributed by atoms with Gasteiger partial charge in [-0.3, -0.25) is 0 Å². The van der Waals surface area contributed by atoms with Crippen molar-refractivity contribution in [2.75, 3.05) is 0 Å². The number of aromatic hydroxyl groups is 3. The molecule has 2 heterocycles. The maximum absolute atomic E-state index is 10.9. The fraction of sp³-hybridized carbons (Fsp3) is 0.143. The third kappa shape index (κ3) is 4.49. The third-order valence-electron chi connectivity index (χ3n) is 5.92. The van der Waals surface area contributed by atoms with Crippen molar-refractivity contribution < 1.29 is 29.9 Å². The quantitative estimate of drug-likeness (QED) is 0.251. The van der Waals surface area contributed by atoms with Gasteiger partial charge in [0.05, 0.1) is 6.10 Å². The van der Waals surface area contributed by atoms with Crippen LogP contribution >= 0.6 is 0 Å². The first-order valence-corrected chi connectivity index (χ1v) is 11.0. The molecule has 2 aliphatic heterocycles. The van der Waals surface area contributed by atoms with E-state index in [4.69, 9.17) is 9.47 Å². The molecule has 0 saturated carbocycles. The summed E-state index contributed by atoms with van der Waals surface area (Å²) in [4.78, 5) is 0. The van der Waals surface area contributed by atoms with E-state index in [1.165, 1.54) is 6.07 Å². The Hall–Kier alpha value is -4.16. The number of fused-ring (bicyclic) bond motifs is 4. The summed E-state index contributed by atoms with van der Waals surface area (Å²) in [5, 5.41) is 41.8. The summed E-state index contributed by atoms with van der Waals surface area (Å²) in [6, 6.07) is 22.7. The Balaban J connectivity index is 1.58. The van der Waals surface area contributed by atoms with Crippen LogP contribution in [0.15, 0.2) is 78.9 Å². The number of phenolic OH excluding ortho intramolecular Hbond substituents is 3. The van der Waals surface area contributed by atoms with E-state index in [0.717, 1.165) is 11.1 Å². The lowest BCUT2D eigenvalue weighted by molar-refractivity contribution is 0.177. The van der Waals surface area contributed by atoms with Crippen LogP contribution in [0, 0.1) is 0 Å². The Morgan fingerprint density at radius 2 is 1.44 bits per heavy atom. The number of hydrogen-bond donors (Lipinski definition) is 4. The molecule has 34 heavy (non-hydrogen) atoms. The molecule has 6 bridgehead atoms. The molecule has 0 spiro atoms. The average molecular weight is 456 g/mol. The molecule has 6 rings (SSSR count). The molecular weight excluding hydrogens is 432 g/mol. The summed E-state index contributed by atoms with van der Waals surface area (Å²) < 4.78 is 11.9. The molecule has 0 unspecified atom stereocenters. The second-order valence-corrected chi connectivity index (χ2v) is 8.37. The normalized spacial score (nSPS) is 15.4. The first-order valence-electron chi connectivity index (χ1n) is 11.0. The minimum Gasteiger partial charge on any atom is -0.504 e. The number of aryl methyl sites for hydroxylation is 2. The van der Waals surface area contributed by atoms with Crippen LogP contribution in [-0.4, -0.2) is 20.4 Å². The van der Waals surface area contributed by atoms with E-state index in [2.05, 4.69) is 0 Å². The van der Waals surface area contributed by atoms with E-state index in [-0.39, 0.29) is 29.4 Å². The van der Waals surface area contributed by atoms with Gasteiger partial charge in [-0.05, 0) is 72.0 Å². The lowest BCUT2D eigenvalue weighted by Gasteiger charge is -2.17. The summed E-state index contributed by atoms with van der Waals surface area (Å²) in [7, 11) is 0. The Bertz CT molecular complexity index is 1330. The maximum atomic E-state index is 10.9. The zero-order valence-electron chi connectivity index (χ0n) is 18.3. The van der Waals surface area contributed by atoms with Gasteiger partial charge in [-0.15, -0.1) is 0 Å². The maximum Gasteiger partial charge on any atom is 0.201 e. The van der Waals surface area contributed by atoms with Gasteiger partial charge in [0.15, 0.2) is 23.0 Å². The van der Waals surface area contributed by atoms with Gasteiger partial charge < -0.3 is 29.9 Å². The second-order valence-electron chi connectivity index (χ2n) is 8.37. The fourth-order valence-electron chi connectivity index (χ4n) is 4.10. The van der Waals surface area contributed by atoms with Crippen LogP contribution in [0.25, 0.3) is 0 Å². The van der Waals surface area contributed by atoms with Crippen LogP contribution in [0.5, 0.6) is 40.2 Å². The molecule has 0 radical (unpaired) electrons. The highest BCUT2D eigenvalue weighted by Crippen LogP contribution is 2.40. The van der Waals surface area contributed by atoms with E-state index in [1.54, 1.807) is 42.5 Å². The Kier molecular flexibility index (Phi) is 5.74. The highest BCUT2D eigenvalue weighted by atomic mass is 16.5. The van der Waals surface area contributed by atoms with Crippen molar-refractivity contribution in [1.29, 1.82) is 0 Å². The number of aliphatic hydroxyl groups excluding tert-OH is 1. The lowest BCUT2D eigenvalue weighted by atomic mass is 10.00. The van der Waals surface area contributed by atoms with Gasteiger partial charge >= 0.3 is 0 Å². The van der Waals surface area contributed by atoms with Crippen LogP contribution in [-0.2, 0) is 19.3 Å². The van der Waals surface area contributed by atoms with Crippen LogP contribution in [0.4, 0.5) is 0 Å². The van der Waals surface area contributed by atoms with E-state index < -0.39 is 6.10 Å². The van der Waals surface area contributed by atoms with Gasteiger partial charge in [0.25, 0.3) is 0 Å².